The van der Waals surface area contributed by atoms with Crippen LogP contribution in [0.15, 0.2) is 16.3 Å². The van der Waals surface area contributed by atoms with E-state index in [9.17, 15) is 13.2 Å². The van der Waals surface area contributed by atoms with Gasteiger partial charge in [0, 0.05) is 20.2 Å². The number of carboxylic acids is 1. The molecule has 1 N–H and O–H groups in total. The zero-order valence-corrected chi connectivity index (χ0v) is 12.9. The second-order valence-corrected chi connectivity index (χ2v) is 7.64. The molecule has 0 spiro atoms. The largest absolute Gasteiger partial charge is 0.477 e. The summed E-state index contributed by atoms with van der Waals surface area (Å²) >= 11 is 0.919. The van der Waals surface area contributed by atoms with Gasteiger partial charge in [-0.15, -0.1) is 11.3 Å². The van der Waals surface area contributed by atoms with Gasteiger partial charge in [-0.25, -0.2) is 13.2 Å². The smallest absolute Gasteiger partial charge is 0.347 e. The molecule has 0 radical (unpaired) electrons. The van der Waals surface area contributed by atoms with E-state index in [0.717, 1.165) is 11.3 Å². The van der Waals surface area contributed by atoms with Gasteiger partial charge in [0.05, 0.1) is 6.10 Å². The van der Waals surface area contributed by atoms with Gasteiger partial charge in [0.15, 0.2) is 0 Å². The van der Waals surface area contributed by atoms with Crippen LogP contribution < -0.4 is 0 Å². The van der Waals surface area contributed by atoms with Crippen LogP contribution in [0.3, 0.4) is 0 Å². The zero-order chi connectivity index (χ0) is 14.9. The number of piperidine rings is 1. The molecule has 2 unspecified atom stereocenters. The predicted molar refractivity (Wildman–Crippen MR) is 74.6 cm³/mol. The van der Waals surface area contributed by atoms with Crippen molar-refractivity contribution in [3.05, 3.63) is 16.3 Å². The highest BCUT2D eigenvalue weighted by Crippen LogP contribution is 2.29. The Bertz CT molecular complexity index is 595. The Kier molecular flexibility index (Phi) is 4.48. The van der Waals surface area contributed by atoms with Crippen LogP contribution in [0.1, 0.15) is 23.0 Å². The van der Waals surface area contributed by atoms with E-state index >= 15 is 0 Å². The van der Waals surface area contributed by atoms with E-state index < -0.39 is 16.0 Å². The number of sulfonamides is 1. The van der Waals surface area contributed by atoms with Crippen molar-refractivity contribution in [3.8, 4) is 0 Å². The highest BCUT2D eigenvalue weighted by Gasteiger charge is 2.36. The first-order valence-electron chi connectivity index (χ1n) is 6.21. The number of aromatic carboxylic acids is 1. The van der Waals surface area contributed by atoms with Crippen LogP contribution in [0, 0.1) is 5.92 Å². The van der Waals surface area contributed by atoms with Crippen molar-refractivity contribution < 1.29 is 23.1 Å². The van der Waals surface area contributed by atoms with Crippen LogP contribution >= 0.6 is 11.3 Å². The van der Waals surface area contributed by atoms with Gasteiger partial charge in [0.1, 0.15) is 9.77 Å². The summed E-state index contributed by atoms with van der Waals surface area (Å²) < 4.78 is 31.7. The molecule has 6 nitrogen and oxygen atoms in total. The van der Waals surface area contributed by atoms with E-state index in [-0.39, 0.29) is 28.3 Å². The van der Waals surface area contributed by atoms with Crippen LogP contribution in [-0.2, 0) is 14.8 Å². The lowest BCUT2D eigenvalue weighted by Crippen LogP contribution is -2.46. The minimum atomic E-state index is -3.78. The molecule has 8 heteroatoms. The third-order valence-corrected chi connectivity index (χ3v) is 6.54. The predicted octanol–water partition coefficient (Wildman–Crippen LogP) is 1.49. The quantitative estimate of drug-likeness (QED) is 0.909. The van der Waals surface area contributed by atoms with E-state index in [1.54, 1.807) is 7.11 Å². The molecular weight excluding hydrogens is 302 g/mol. The van der Waals surface area contributed by atoms with Gasteiger partial charge >= 0.3 is 5.97 Å². The molecule has 1 aliphatic heterocycles. The van der Waals surface area contributed by atoms with Gasteiger partial charge in [-0.2, -0.15) is 4.31 Å². The summed E-state index contributed by atoms with van der Waals surface area (Å²) in [5.41, 5.74) is 0. The maximum atomic E-state index is 12.6. The number of thiophene rings is 1. The Balaban J connectivity index is 2.31. The summed E-state index contributed by atoms with van der Waals surface area (Å²) in [5.74, 6) is -0.930. The van der Waals surface area contributed by atoms with E-state index in [0.29, 0.717) is 13.0 Å². The van der Waals surface area contributed by atoms with Gasteiger partial charge < -0.3 is 9.84 Å². The normalized spacial score (nSPS) is 24.7. The molecule has 1 aliphatic rings. The average Bonchev–Trinajstić information content (AvgIpc) is 2.89. The molecular formula is C12H17NO5S2. The van der Waals surface area contributed by atoms with Crippen LogP contribution in [0.25, 0.3) is 0 Å². The fraction of sp³-hybridized carbons (Fsp3) is 0.583. The first-order chi connectivity index (χ1) is 9.37. The van der Waals surface area contributed by atoms with Gasteiger partial charge in [-0.1, -0.05) is 6.92 Å². The first kappa shape index (κ1) is 15.4. The highest BCUT2D eigenvalue weighted by molar-refractivity contribution is 7.89. The molecule has 1 aromatic heterocycles. The summed E-state index contributed by atoms with van der Waals surface area (Å²) in [6.07, 6.45) is 0.537. The average molecular weight is 319 g/mol. The molecule has 20 heavy (non-hydrogen) atoms. The maximum Gasteiger partial charge on any atom is 0.347 e. The number of hydrogen-bond acceptors (Lipinski definition) is 5. The van der Waals surface area contributed by atoms with Crippen molar-refractivity contribution in [3.63, 3.8) is 0 Å². The molecule has 2 rings (SSSR count). The second kappa shape index (κ2) is 5.80. The standard InChI is InChI=1S/C12H17NO5S2/c1-8-3-5-13(7-9(8)18-2)20(16,17)10-4-6-19-11(10)12(14)15/h4,6,8-9H,3,5,7H2,1-2H3,(H,14,15). The van der Waals surface area contributed by atoms with Crippen molar-refractivity contribution in [2.45, 2.75) is 24.3 Å². The zero-order valence-electron chi connectivity index (χ0n) is 11.3. The Morgan fingerprint density at radius 2 is 2.25 bits per heavy atom. The molecule has 1 saturated heterocycles. The van der Waals surface area contributed by atoms with Crippen molar-refractivity contribution >= 4 is 27.3 Å². The molecule has 0 aromatic carbocycles. The Hall–Kier alpha value is -0.960. The van der Waals surface area contributed by atoms with Crippen molar-refractivity contribution in [2.24, 2.45) is 5.92 Å². The van der Waals surface area contributed by atoms with E-state index in [2.05, 4.69) is 0 Å². The maximum absolute atomic E-state index is 12.6. The molecule has 112 valence electrons. The molecule has 0 amide bonds. The Labute approximate surface area is 122 Å². The fourth-order valence-electron chi connectivity index (χ4n) is 2.33. The topological polar surface area (TPSA) is 83.9 Å². The summed E-state index contributed by atoms with van der Waals surface area (Å²) in [5, 5.41) is 10.5. The van der Waals surface area contributed by atoms with Crippen LogP contribution in [0.5, 0.6) is 0 Å². The molecule has 0 bridgehead atoms. The van der Waals surface area contributed by atoms with Crippen molar-refractivity contribution in [1.82, 2.24) is 4.31 Å². The molecule has 1 fully saturated rings. The van der Waals surface area contributed by atoms with Crippen LogP contribution in [-0.4, -0.2) is 50.1 Å². The lowest BCUT2D eigenvalue weighted by atomic mass is 9.97. The van der Waals surface area contributed by atoms with Crippen LogP contribution in [0.2, 0.25) is 0 Å². The van der Waals surface area contributed by atoms with Gasteiger partial charge in [-0.3, -0.25) is 0 Å². The lowest BCUT2D eigenvalue weighted by molar-refractivity contribution is 0.0183. The minimum absolute atomic E-state index is 0.126. The summed E-state index contributed by atoms with van der Waals surface area (Å²) in [4.78, 5) is 10.8. The molecule has 1 aromatic rings. The van der Waals surface area contributed by atoms with E-state index in [4.69, 9.17) is 9.84 Å². The SMILES string of the molecule is COC1CN(S(=O)(=O)c2ccsc2C(=O)O)CCC1C. The summed E-state index contributed by atoms with van der Waals surface area (Å²) in [6, 6.07) is 1.35. The Morgan fingerprint density at radius 3 is 2.85 bits per heavy atom. The van der Waals surface area contributed by atoms with Gasteiger partial charge in [-0.05, 0) is 23.8 Å². The lowest BCUT2D eigenvalue weighted by Gasteiger charge is -2.35. The molecule has 2 atom stereocenters. The number of nitrogens with zero attached hydrogens (tertiary/aromatic N) is 1. The first-order valence-corrected chi connectivity index (χ1v) is 8.53. The fourth-order valence-corrected chi connectivity index (χ4v) is 5.03. The number of carboxylic acid groups (broad SMARTS) is 1. The summed E-state index contributed by atoms with van der Waals surface area (Å²) in [7, 11) is -2.22. The second-order valence-electron chi connectivity index (χ2n) is 4.82. The highest BCUT2D eigenvalue weighted by atomic mass is 32.2. The number of rotatable bonds is 4. The number of ether oxygens (including phenoxy) is 1. The summed E-state index contributed by atoms with van der Waals surface area (Å²) in [6.45, 7) is 2.67. The van der Waals surface area contributed by atoms with Gasteiger partial charge in [0.25, 0.3) is 0 Å². The third kappa shape index (κ3) is 2.73. The molecule has 0 saturated carbocycles. The Morgan fingerprint density at radius 1 is 1.55 bits per heavy atom. The number of methoxy groups -OCH3 is 1. The number of hydrogen-bond donors (Lipinski definition) is 1. The third-order valence-electron chi connectivity index (χ3n) is 3.60. The van der Waals surface area contributed by atoms with Gasteiger partial charge in [0.2, 0.25) is 10.0 Å². The minimum Gasteiger partial charge on any atom is -0.477 e. The van der Waals surface area contributed by atoms with E-state index in [1.807, 2.05) is 6.92 Å². The van der Waals surface area contributed by atoms with Crippen molar-refractivity contribution in [2.75, 3.05) is 20.2 Å². The van der Waals surface area contributed by atoms with Crippen molar-refractivity contribution in [1.29, 1.82) is 0 Å². The van der Waals surface area contributed by atoms with Crippen LogP contribution in [0.4, 0.5) is 0 Å². The monoisotopic (exact) mass is 319 g/mol. The molecule has 2 heterocycles. The van der Waals surface area contributed by atoms with E-state index in [1.165, 1.54) is 15.8 Å². The molecule has 0 aliphatic carbocycles. The number of carbonyl (C=O) groups is 1.